The molecule has 1 aromatic rings. The summed E-state index contributed by atoms with van der Waals surface area (Å²) < 4.78 is 40.2. The molecule has 5 nitrogen and oxygen atoms in total. The first-order valence-electron chi connectivity index (χ1n) is 4.72. The van der Waals surface area contributed by atoms with Crippen molar-refractivity contribution in [2.24, 2.45) is 4.19 Å². The van der Waals surface area contributed by atoms with Crippen molar-refractivity contribution in [3.05, 3.63) is 42.3 Å². The molecule has 0 aliphatic rings. The molecule has 0 unspecified atom stereocenters. The summed E-state index contributed by atoms with van der Waals surface area (Å²) >= 11 is 3.84. The molecule has 0 fully saturated rings. The molecule has 9 heteroatoms. The number of halogens is 3. The predicted octanol–water partition coefficient (Wildman–Crippen LogP) is 2.96. The van der Waals surface area contributed by atoms with Gasteiger partial charge >= 0.3 is 113 Å². The molecule has 2 N–H and O–H groups in total. The van der Waals surface area contributed by atoms with Crippen LogP contribution in [0.4, 0.5) is 23.7 Å². The van der Waals surface area contributed by atoms with Crippen LogP contribution in [0.25, 0.3) is 0 Å². The summed E-state index contributed by atoms with van der Waals surface area (Å²) in [6.45, 7) is 3.25. The molecule has 0 aliphatic heterocycles. The molecule has 0 heterocycles. The number of alkyl halides is 3. The number of anilines is 1. The van der Waals surface area contributed by atoms with Gasteiger partial charge < -0.3 is 0 Å². The minimum atomic E-state index is -4.48. The molecular formula is C10H8F3N3NiO2. The van der Waals surface area contributed by atoms with Crippen molar-refractivity contribution in [3.63, 3.8) is 0 Å². The Morgan fingerprint density at radius 1 is 1.42 bits per heavy atom. The molecule has 1 rings (SSSR count). The van der Waals surface area contributed by atoms with Crippen LogP contribution in [0.2, 0.25) is 0 Å². The van der Waals surface area contributed by atoms with E-state index in [2.05, 4.69) is 41.5 Å². The van der Waals surface area contributed by atoms with Gasteiger partial charge in [-0.3, -0.25) is 0 Å². The second-order valence-electron chi connectivity index (χ2n) is 3.23. The zero-order valence-electron chi connectivity index (χ0n) is 9.23. The van der Waals surface area contributed by atoms with Gasteiger partial charge in [0.05, 0.1) is 0 Å². The van der Waals surface area contributed by atoms with Crippen molar-refractivity contribution in [2.75, 3.05) is 5.32 Å². The minimum absolute atomic E-state index is 0.0294. The normalized spacial score (nSPS) is 10.6. The molecule has 19 heavy (non-hydrogen) atoms. The van der Waals surface area contributed by atoms with E-state index in [-0.39, 0.29) is 11.6 Å². The molecule has 1 aromatic carbocycles. The SMILES string of the molecule is C=C(NC(=O)Nc1cccc(C(F)(F)F)c1)O[N]=[Ni]. The monoisotopic (exact) mass is 317 g/mol. The van der Waals surface area contributed by atoms with Gasteiger partial charge in [-0.05, 0) is 0 Å². The summed E-state index contributed by atoms with van der Waals surface area (Å²) in [6.07, 6.45) is -4.48. The molecule has 0 aromatic heterocycles. The van der Waals surface area contributed by atoms with Crippen LogP contribution in [-0.4, -0.2) is 6.03 Å². The molecule has 0 spiro atoms. The zero-order chi connectivity index (χ0) is 14.5. The maximum absolute atomic E-state index is 12.4. The summed E-state index contributed by atoms with van der Waals surface area (Å²) in [4.78, 5) is 15.7. The number of amides is 2. The van der Waals surface area contributed by atoms with Gasteiger partial charge in [0.2, 0.25) is 0 Å². The fourth-order valence-corrected chi connectivity index (χ4v) is 1.23. The Bertz CT molecular complexity index is 505. The second-order valence-corrected chi connectivity index (χ2v) is 3.41. The first-order chi connectivity index (χ1) is 8.82. The van der Waals surface area contributed by atoms with Crippen LogP contribution in [0.3, 0.4) is 0 Å². The molecule has 0 saturated carbocycles. The van der Waals surface area contributed by atoms with Crippen LogP contribution < -0.4 is 10.6 Å². The Morgan fingerprint density at radius 2 is 2.11 bits per heavy atom. The average Bonchev–Trinajstić information content (AvgIpc) is 2.28. The maximum atomic E-state index is 12.4. The number of urea groups is 1. The standard InChI is InChI=1S/C10H8F3N3O2.Ni/c1-6(18-14)15-9(17)16-8-4-2-3-7(5-8)10(11,12)13;/h2-5H,1H2,(H2,15,16,17);. The average molecular weight is 318 g/mol. The van der Waals surface area contributed by atoms with Crippen molar-refractivity contribution in [1.82, 2.24) is 5.32 Å². The number of nitrogens with zero attached hydrogens (tertiary/aromatic N) is 1. The van der Waals surface area contributed by atoms with E-state index in [1.165, 1.54) is 12.1 Å². The van der Waals surface area contributed by atoms with Crippen molar-refractivity contribution in [3.8, 4) is 0 Å². The number of hydrogen-bond acceptors (Lipinski definition) is 3. The molecule has 0 atom stereocenters. The Morgan fingerprint density at radius 3 is 2.68 bits per heavy atom. The van der Waals surface area contributed by atoms with E-state index in [0.717, 1.165) is 12.1 Å². The Balaban J connectivity index is 2.70. The molecular weight excluding hydrogens is 310 g/mol. The fourth-order valence-electron chi connectivity index (χ4n) is 1.12. The number of nitrogens with one attached hydrogen (secondary N) is 2. The van der Waals surface area contributed by atoms with Gasteiger partial charge in [-0.1, -0.05) is 0 Å². The van der Waals surface area contributed by atoms with Crippen molar-refractivity contribution in [2.45, 2.75) is 6.18 Å². The topological polar surface area (TPSA) is 62.7 Å². The molecule has 106 valence electrons. The summed E-state index contributed by atoms with van der Waals surface area (Å²) in [7, 11) is 0. The van der Waals surface area contributed by atoms with E-state index in [9.17, 15) is 18.0 Å². The number of hydrogen-bond donors (Lipinski definition) is 2. The summed E-state index contributed by atoms with van der Waals surface area (Å²) in [5.41, 5.74) is -0.902. The van der Waals surface area contributed by atoms with E-state index in [1.807, 2.05) is 0 Å². The van der Waals surface area contributed by atoms with Gasteiger partial charge in [0, 0.05) is 0 Å². The van der Waals surface area contributed by atoms with Crippen LogP contribution in [0.5, 0.6) is 0 Å². The van der Waals surface area contributed by atoms with Gasteiger partial charge in [0.15, 0.2) is 0 Å². The van der Waals surface area contributed by atoms with Gasteiger partial charge in [0.25, 0.3) is 0 Å². The van der Waals surface area contributed by atoms with E-state index in [4.69, 9.17) is 0 Å². The van der Waals surface area contributed by atoms with Gasteiger partial charge in [0.1, 0.15) is 0 Å². The number of carbonyl (C=O) groups is 1. The zero-order valence-corrected chi connectivity index (χ0v) is 10.2. The predicted molar refractivity (Wildman–Crippen MR) is 56.3 cm³/mol. The second kappa shape index (κ2) is 6.33. The van der Waals surface area contributed by atoms with E-state index in [0.29, 0.717) is 0 Å². The molecule has 0 bridgehead atoms. The van der Waals surface area contributed by atoms with Crippen LogP contribution in [0, 0.1) is 0 Å². The van der Waals surface area contributed by atoms with Gasteiger partial charge in [-0.25, -0.2) is 0 Å². The van der Waals surface area contributed by atoms with Crippen molar-refractivity contribution >= 4 is 11.7 Å². The number of rotatable bonds is 4. The van der Waals surface area contributed by atoms with E-state index < -0.39 is 17.8 Å². The molecule has 2 amide bonds. The molecule has 0 radical (unpaired) electrons. The fraction of sp³-hybridized carbons (Fsp3) is 0.100. The third-order valence-corrected chi connectivity index (χ3v) is 1.93. The molecule has 0 saturated heterocycles. The third-order valence-electron chi connectivity index (χ3n) is 1.84. The van der Waals surface area contributed by atoms with E-state index >= 15 is 0 Å². The van der Waals surface area contributed by atoms with Gasteiger partial charge in [-0.15, -0.1) is 0 Å². The van der Waals surface area contributed by atoms with Crippen molar-refractivity contribution in [1.29, 1.82) is 0 Å². The van der Waals surface area contributed by atoms with Crippen LogP contribution in [0.1, 0.15) is 5.56 Å². The summed E-state index contributed by atoms with van der Waals surface area (Å²) in [6, 6.07) is 3.33. The number of benzene rings is 1. The van der Waals surface area contributed by atoms with Gasteiger partial charge in [-0.2, -0.15) is 0 Å². The Kier molecular flexibility index (Phi) is 5.05. The van der Waals surface area contributed by atoms with Crippen LogP contribution >= 0.6 is 0 Å². The summed E-state index contributed by atoms with van der Waals surface area (Å²) in [5, 5.41) is 4.27. The Labute approximate surface area is 113 Å². The number of carbonyl (C=O) groups excluding carboxylic acids is 1. The summed E-state index contributed by atoms with van der Waals surface area (Å²) in [5.74, 6) is -0.240. The van der Waals surface area contributed by atoms with Crippen molar-refractivity contribution < 1.29 is 38.1 Å². The van der Waals surface area contributed by atoms with Crippen LogP contribution in [0.15, 0.2) is 40.9 Å². The first kappa shape index (κ1) is 15.2. The van der Waals surface area contributed by atoms with E-state index in [1.54, 1.807) is 0 Å². The third kappa shape index (κ3) is 5.09. The first-order valence-corrected chi connectivity index (χ1v) is 5.17. The molecule has 0 aliphatic carbocycles. The van der Waals surface area contributed by atoms with Crippen LogP contribution in [-0.2, 0) is 26.3 Å². The Hall–Kier alpha value is -1.89. The quantitative estimate of drug-likeness (QED) is 0.509.